The van der Waals surface area contributed by atoms with Crippen LogP contribution in [0.5, 0.6) is 0 Å². The molecule has 126 valence electrons. The molecule has 1 fully saturated rings. The van der Waals surface area contributed by atoms with Crippen LogP contribution >= 0.6 is 0 Å². The molecule has 0 aliphatic carbocycles. The Labute approximate surface area is 142 Å². The lowest BCUT2D eigenvalue weighted by Gasteiger charge is -2.25. The lowest BCUT2D eigenvalue weighted by Crippen LogP contribution is -2.24. The van der Waals surface area contributed by atoms with Crippen molar-refractivity contribution in [2.75, 3.05) is 6.61 Å². The SMILES string of the molecule is C=CC(=O)N[C@H](C)c1ccc(-c2cncn2C2CCCCO2)cc1. The predicted octanol–water partition coefficient (Wildman–Crippen LogP) is 3.61. The number of carbonyl (C=O) groups is 1. The highest BCUT2D eigenvalue weighted by Crippen LogP contribution is 2.29. The van der Waals surface area contributed by atoms with Crippen molar-refractivity contribution in [3.63, 3.8) is 0 Å². The molecule has 1 N–H and O–H groups in total. The van der Waals surface area contributed by atoms with E-state index in [2.05, 4.69) is 33.6 Å². The highest BCUT2D eigenvalue weighted by Gasteiger charge is 2.19. The molecular weight excluding hydrogens is 302 g/mol. The van der Waals surface area contributed by atoms with Gasteiger partial charge in [-0.3, -0.25) is 4.79 Å². The quantitative estimate of drug-likeness (QED) is 0.854. The van der Waals surface area contributed by atoms with Gasteiger partial charge in [0, 0.05) is 6.61 Å². The van der Waals surface area contributed by atoms with Crippen LogP contribution in [-0.2, 0) is 9.53 Å². The van der Waals surface area contributed by atoms with Gasteiger partial charge in [-0.25, -0.2) is 4.98 Å². The van der Waals surface area contributed by atoms with E-state index < -0.39 is 0 Å². The summed E-state index contributed by atoms with van der Waals surface area (Å²) in [6.07, 6.45) is 8.40. The fraction of sp³-hybridized carbons (Fsp3) is 0.368. The first-order valence-corrected chi connectivity index (χ1v) is 8.35. The first-order valence-electron chi connectivity index (χ1n) is 8.35. The van der Waals surface area contributed by atoms with Crippen molar-refractivity contribution in [1.82, 2.24) is 14.9 Å². The Morgan fingerprint density at radius 2 is 2.21 bits per heavy atom. The summed E-state index contributed by atoms with van der Waals surface area (Å²) < 4.78 is 7.98. The molecule has 2 aromatic rings. The molecule has 3 rings (SSSR count). The Morgan fingerprint density at radius 1 is 1.42 bits per heavy atom. The minimum absolute atomic E-state index is 0.0591. The Morgan fingerprint density at radius 3 is 2.88 bits per heavy atom. The van der Waals surface area contributed by atoms with Crippen LogP contribution < -0.4 is 5.32 Å². The maximum absolute atomic E-state index is 11.4. The minimum Gasteiger partial charge on any atom is -0.358 e. The largest absolute Gasteiger partial charge is 0.358 e. The molecule has 1 aliphatic heterocycles. The number of rotatable bonds is 5. The van der Waals surface area contributed by atoms with Crippen molar-refractivity contribution in [3.8, 4) is 11.3 Å². The summed E-state index contributed by atoms with van der Waals surface area (Å²) in [6.45, 7) is 6.24. The predicted molar refractivity (Wildman–Crippen MR) is 93.3 cm³/mol. The Balaban J connectivity index is 1.78. The third-order valence-corrected chi connectivity index (χ3v) is 4.38. The number of aromatic nitrogens is 2. The van der Waals surface area contributed by atoms with E-state index in [1.807, 2.05) is 31.6 Å². The highest BCUT2D eigenvalue weighted by molar-refractivity contribution is 5.87. The average Bonchev–Trinajstić information content (AvgIpc) is 3.12. The molecule has 0 saturated carbocycles. The normalized spacial score (nSPS) is 18.8. The van der Waals surface area contributed by atoms with E-state index in [1.54, 1.807) is 0 Å². The second-order valence-electron chi connectivity index (χ2n) is 6.06. The van der Waals surface area contributed by atoms with Crippen molar-refractivity contribution in [2.24, 2.45) is 0 Å². The van der Waals surface area contributed by atoms with Crippen LogP contribution in [0.4, 0.5) is 0 Å². The van der Waals surface area contributed by atoms with Crippen molar-refractivity contribution in [1.29, 1.82) is 0 Å². The Kier molecular flexibility index (Phi) is 5.11. The zero-order chi connectivity index (χ0) is 16.9. The molecule has 2 heterocycles. The lowest BCUT2D eigenvalue weighted by molar-refractivity contribution is -0.117. The van der Waals surface area contributed by atoms with E-state index in [1.165, 1.54) is 12.5 Å². The number of carbonyl (C=O) groups excluding carboxylic acids is 1. The summed E-state index contributed by atoms with van der Waals surface area (Å²) in [5, 5.41) is 2.87. The zero-order valence-electron chi connectivity index (χ0n) is 13.9. The van der Waals surface area contributed by atoms with Gasteiger partial charge >= 0.3 is 0 Å². The summed E-state index contributed by atoms with van der Waals surface area (Å²) in [4.78, 5) is 15.7. The fourth-order valence-corrected chi connectivity index (χ4v) is 3.00. The summed E-state index contributed by atoms with van der Waals surface area (Å²) in [7, 11) is 0. The molecule has 0 radical (unpaired) electrons. The number of hydrogen-bond donors (Lipinski definition) is 1. The third-order valence-electron chi connectivity index (χ3n) is 4.38. The zero-order valence-corrected chi connectivity index (χ0v) is 13.9. The number of benzene rings is 1. The van der Waals surface area contributed by atoms with Crippen molar-refractivity contribution in [2.45, 2.75) is 38.5 Å². The number of hydrogen-bond acceptors (Lipinski definition) is 3. The summed E-state index contributed by atoms with van der Waals surface area (Å²) >= 11 is 0. The molecular formula is C19H23N3O2. The van der Waals surface area contributed by atoms with E-state index in [4.69, 9.17) is 4.74 Å². The van der Waals surface area contributed by atoms with Crippen LogP contribution in [0.25, 0.3) is 11.3 Å². The van der Waals surface area contributed by atoms with Gasteiger partial charge in [0.15, 0.2) is 0 Å². The van der Waals surface area contributed by atoms with Crippen LogP contribution in [0.2, 0.25) is 0 Å². The van der Waals surface area contributed by atoms with Gasteiger partial charge in [-0.2, -0.15) is 0 Å². The molecule has 0 spiro atoms. The molecule has 1 unspecified atom stereocenters. The first-order chi connectivity index (χ1) is 11.7. The molecule has 2 atom stereocenters. The van der Waals surface area contributed by atoms with E-state index in [0.717, 1.165) is 36.3 Å². The molecule has 0 bridgehead atoms. The van der Waals surface area contributed by atoms with Crippen molar-refractivity contribution >= 4 is 5.91 Å². The van der Waals surface area contributed by atoms with Gasteiger partial charge < -0.3 is 14.6 Å². The molecule has 1 aliphatic rings. The standard InChI is InChI=1S/C19H23N3O2/c1-3-18(23)21-14(2)15-7-9-16(10-8-15)17-12-20-13-22(17)19-6-4-5-11-24-19/h3,7-10,12-14,19H,1,4-6,11H2,2H3,(H,21,23)/t14-,19?/m1/s1. The molecule has 1 saturated heterocycles. The number of nitrogens with one attached hydrogen (secondary N) is 1. The van der Waals surface area contributed by atoms with Gasteiger partial charge in [0.25, 0.3) is 0 Å². The van der Waals surface area contributed by atoms with Crippen LogP contribution in [0.1, 0.15) is 44.0 Å². The molecule has 1 amide bonds. The van der Waals surface area contributed by atoms with Gasteiger partial charge in [-0.1, -0.05) is 30.8 Å². The van der Waals surface area contributed by atoms with Gasteiger partial charge in [0.05, 0.1) is 24.3 Å². The lowest BCUT2D eigenvalue weighted by atomic mass is 10.0. The van der Waals surface area contributed by atoms with Gasteiger partial charge in [0.2, 0.25) is 5.91 Å². The fourth-order valence-electron chi connectivity index (χ4n) is 3.00. The molecule has 1 aromatic carbocycles. The van der Waals surface area contributed by atoms with Crippen LogP contribution in [0, 0.1) is 0 Å². The number of nitrogens with zero attached hydrogens (tertiary/aromatic N) is 2. The van der Waals surface area contributed by atoms with Crippen molar-refractivity contribution in [3.05, 3.63) is 55.0 Å². The maximum atomic E-state index is 11.4. The molecule has 1 aromatic heterocycles. The van der Waals surface area contributed by atoms with Crippen LogP contribution in [0.3, 0.4) is 0 Å². The second-order valence-corrected chi connectivity index (χ2v) is 6.06. The van der Waals surface area contributed by atoms with E-state index in [9.17, 15) is 4.79 Å². The summed E-state index contributed by atoms with van der Waals surface area (Å²) in [5.74, 6) is -0.167. The molecule has 24 heavy (non-hydrogen) atoms. The van der Waals surface area contributed by atoms with E-state index in [-0.39, 0.29) is 18.2 Å². The average molecular weight is 325 g/mol. The van der Waals surface area contributed by atoms with Gasteiger partial charge in [-0.15, -0.1) is 0 Å². The van der Waals surface area contributed by atoms with E-state index >= 15 is 0 Å². The summed E-state index contributed by atoms with van der Waals surface area (Å²) in [5.41, 5.74) is 3.19. The molecule has 5 heteroatoms. The van der Waals surface area contributed by atoms with Gasteiger partial charge in [0.1, 0.15) is 6.23 Å². The first kappa shape index (κ1) is 16.5. The van der Waals surface area contributed by atoms with Crippen LogP contribution in [0.15, 0.2) is 49.4 Å². The highest BCUT2D eigenvalue weighted by atomic mass is 16.5. The monoisotopic (exact) mass is 325 g/mol. The van der Waals surface area contributed by atoms with E-state index in [0.29, 0.717) is 0 Å². The van der Waals surface area contributed by atoms with Gasteiger partial charge in [-0.05, 0) is 43.4 Å². The third kappa shape index (κ3) is 3.57. The number of amides is 1. The van der Waals surface area contributed by atoms with Crippen LogP contribution in [-0.4, -0.2) is 22.1 Å². The maximum Gasteiger partial charge on any atom is 0.243 e. The van der Waals surface area contributed by atoms with Crippen molar-refractivity contribution < 1.29 is 9.53 Å². The second kappa shape index (κ2) is 7.45. The summed E-state index contributed by atoms with van der Waals surface area (Å²) in [6, 6.07) is 8.12. The Bertz CT molecular complexity index is 700. The molecule has 5 nitrogen and oxygen atoms in total. The number of ether oxygens (including phenoxy) is 1. The Hall–Kier alpha value is -2.40. The number of imidazole rings is 1. The minimum atomic E-state index is -0.167. The topological polar surface area (TPSA) is 56.2 Å². The smallest absolute Gasteiger partial charge is 0.243 e.